The topological polar surface area (TPSA) is 51.0 Å². The van der Waals surface area contributed by atoms with Crippen LogP contribution in [0.3, 0.4) is 0 Å². The van der Waals surface area contributed by atoms with Gasteiger partial charge >= 0.3 is 0 Å². The van der Waals surface area contributed by atoms with Crippen molar-refractivity contribution in [1.29, 1.82) is 0 Å². The first-order chi connectivity index (χ1) is 11.8. The van der Waals surface area contributed by atoms with Crippen molar-refractivity contribution in [3.63, 3.8) is 0 Å². The number of carbonyl (C=O) groups excluding carboxylic acids is 1. The van der Waals surface area contributed by atoms with Gasteiger partial charge in [-0.15, -0.1) is 0 Å². The van der Waals surface area contributed by atoms with E-state index in [9.17, 15) is 4.79 Å². The third-order valence-electron chi connectivity index (χ3n) is 4.34. The Balaban J connectivity index is 1.68. The number of hydrogen-bond acceptors (Lipinski definition) is 3. The van der Waals surface area contributed by atoms with Gasteiger partial charge in [-0.3, -0.25) is 9.78 Å². The molecule has 24 heavy (non-hydrogen) atoms. The van der Waals surface area contributed by atoms with E-state index in [1.165, 1.54) is 0 Å². The molecule has 0 unspecified atom stereocenters. The first-order valence-corrected chi connectivity index (χ1v) is 8.18. The van der Waals surface area contributed by atoms with E-state index in [1.807, 2.05) is 53.6 Å². The highest BCUT2D eigenvalue weighted by Gasteiger charge is 2.22. The van der Waals surface area contributed by atoms with Gasteiger partial charge < -0.3 is 4.90 Å². The molecular formula is C19H18N4O. The van der Waals surface area contributed by atoms with Crippen LogP contribution >= 0.6 is 0 Å². The maximum Gasteiger partial charge on any atom is 0.256 e. The van der Waals surface area contributed by atoms with Crippen molar-refractivity contribution >= 4 is 5.91 Å². The standard InChI is InChI=1S/C19H18N4O/c24-19(22-12-1-2-13-22)17-5-3-10-20-18(17)15-6-8-16(9-7-15)23-14-4-11-21-23/h3-11,14H,1-2,12-13H2. The molecule has 1 aliphatic heterocycles. The van der Waals surface area contributed by atoms with E-state index in [0.717, 1.165) is 42.9 Å². The van der Waals surface area contributed by atoms with Gasteiger partial charge in [0.15, 0.2) is 0 Å². The van der Waals surface area contributed by atoms with Crippen LogP contribution in [0.2, 0.25) is 0 Å². The molecule has 0 saturated carbocycles. The van der Waals surface area contributed by atoms with Crippen molar-refractivity contribution in [1.82, 2.24) is 19.7 Å². The lowest BCUT2D eigenvalue weighted by Crippen LogP contribution is -2.28. The predicted molar refractivity (Wildman–Crippen MR) is 91.9 cm³/mol. The van der Waals surface area contributed by atoms with Crippen LogP contribution in [-0.2, 0) is 0 Å². The normalized spacial score (nSPS) is 14.1. The highest BCUT2D eigenvalue weighted by atomic mass is 16.2. The number of nitrogens with zero attached hydrogens (tertiary/aromatic N) is 4. The lowest BCUT2D eigenvalue weighted by molar-refractivity contribution is 0.0793. The Hall–Kier alpha value is -2.95. The van der Waals surface area contributed by atoms with Crippen LogP contribution in [0.1, 0.15) is 23.2 Å². The van der Waals surface area contributed by atoms with E-state index in [-0.39, 0.29) is 5.91 Å². The molecular weight excluding hydrogens is 300 g/mol. The molecule has 5 nitrogen and oxygen atoms in total. The van der Waals surface area contributed by atoms with Crippen molar-refractivity contribution in [3.8, 4) is 16.9 Å². The summed E-state index contributed by atoms with van der Waals surface area (Å²) in [6, 6.07) is 13.5. The number of aromatic nitrogens is 3. The first-order valence-electron chi connectivity index (χ1n) is 8.18. The Labute approximate surface area is 140 Å². The van der Waals surface area contributed by atoms with Gasteiger partial charge in [-0.05, 0) is 43.2 Å². The second-order valence-corrected chi connectivity index (χ2v) is 5.90. The number of likely N-dealkylation sites (tertiary alicyclic amines) is 1. The van der Waals surface area contributed by atoms with Crippen molar-refractivity contribution in [2.45, 2.75) is 12.8 Å². The van der Waals surface area contributed by atoms with Crippen molar-refractivity contribution in [2.24, 2.45) is 0 Å². The predicted octanol–water partition coefficient (Wildman–Crippen LogP) is 3.17. The first kappa shape index (κ1) is 14.6. The van der Waals surface area contributed by atoms with E-state index in [0.29, 0.717) is 5.56 Å². The molecule has 5 heteroatoms. The minimum Gasteiger partial charge on any atom is -0.339 e. The van der Waals surface area contributed by atoms with E-state index >= 15 is 0 Å². The van der Waals surface area contributed by atoms with Gasteiger partial charge in [0.2, 0.25) is 0 Å². The number of amides is 1. The highest BCUT2D eigenvalue weighted by molar-refractivity contribution is 6.00. The average molecular weight is 318 g/mol. The minimum atomic E-state index is 0.0757. The zero-order valence-corrected chi connectivity index (χ0v) is 13.3. The molecule has 1 aromatic carbocycles. The van der Waals surface area contributed by atoms with Gasteiger partial charge in [-0.1, -0.05) is 12.1 Å². The fourth-order valence-electron chi connectivity index (χ4n) is 3.09. The van der Waals surface area contributed by atoms with Crippen molar-refractivity contribution < 1.29 is 4.79 Å². The Morgan fingerprint density at radius 2 is 1.75 bits per heavy atom. The summed E-state index contributed by atoms with van der Waals surface area (Å²) in [5, 5.41) is 4.23. The summed E-state index contributed by atoms with van der Waals surface area (Å²) in [6.07, 6.45) is 7.55. The minimum absolute atomic E-state index is 0.0757. The lowest BCUT2D eigenvalue weighted by atomic mass is 10.0. The largest absolute Gasteiger partial charge is 0.339 e. The SMILES string of the molecule is O=C(c1cccnc1-c1ccc(-n2cccn2)cc1)N1CCCC1. The molecule has 1 amide bonds. The van der Waals surface area contributed by atoms with Gasteiger partial charge in [0.1, 0.15) is 0 Å². The summed E-state index contributed by atoms with van der Waals surface area (Å²) >= 11 is 0. The van der Waals surface area contributed by atoms with Gasteiger partial charge in [-0.25, -0.2) is 4.68 Å². The average Bonchev–Trinajstić information content (AvgIpc) is 3.35. The van der Waals surface area contributed by atoms with Gasteiger partial charge in [0.25, 0.3) is 5.91 Å². The van der Waals surface area contributed by atoms with Gasteiger partial charge in [0.05, 0.1) is 16.9 Å². The quantitative estimate of drug-likeness (QED) is 0.745. The monoisotopic (exact) mass is 318 g/mol. The van der Waals surface area contributed by atoms with Crippen molar-refractivity contribution in [3.05, 3.63) is 66.6 Å². The number of carbonyl (C=O) groups is 1. The Morgan fingerprint density at radius 1 is 0.958 bits per heavy atom. The molecule has 3 heterocycles. The molecule has 0 atom stereocenters. The maximum atomic E-state index is 12.8. The van der Waals surface area contributed by atoms with E-state index < -0.39 is 0 Å². The van der Waals surface area contributed by atoms with Crippen LogP contribution in [0.25, 0.3) is 16.9 Å². The van der Waals surface area contributed by atoms with E-state index in [1.54, 1.807) is 17.1 Å². The Kier molecular flexibility index (Phi) is 3.83. The molecule has 3 aromatic rings. The number of pyridine rings is 1. The molecule has 2 aromatic heterocycles. The van der Waals surface area contributed by atoms with E-state index in [2.05, 4.69) is 10.1 Å². The van der Waals surface area contributed by atoms with Crippen molar-refractivity contribution in [2.75, 3.05) is 13.1 Å². The summed E-state index contributed by atoms with van der Waals surface area (Å²) in [5.74, 6) is 0.0757. The smallest absolute Gasteiger partial charge is 0.256 e. The second-order valence-electron chi connectivity index (χ2n) is 5.90. The Morgan fingerprint density at radius 3 is 2.46 bits per heavy atom. The summed E-state index contributed by atoms with van der Waals surface area (Å²) in [7, 11) is 0. The molecule has 0 bridgehead atoms. The van der Waals surface area contributed by atoms with Gasteiger partial charge in [0, 0.05) is 37.2 Å². The second kappa shape index (κ2) is 6.28. The fourth-order valence-corrected chi connectivity index (χ4v) is 3.09. The number of hydrogen-bond donors (Lipinski definition) is 0. The molecule has 120 valence electrons. The molecule has 1 saturated heterocycles. The maximum absolute atomic E-state index is 12.8. The van der Waals surface area contributed by atoms with Crippen LogP contribution < -0.4 is 0 Å². The summed E-state index contributed by atoms with van der Waals surface area (Å²) < 4.78 is 1.80. The molecule has 4 rings (SSSR count). The van der Waals surface area contributed by atoms with Crippen LogP contribution in [0.5, 0.6) is 0 Å². The number of rotatable bonds is 3. The summed E-state index contributed by atoms with van der Waals surface area (Å²) in [5.41, 5.74) is 3.33. The van der Waals surface area contributed by atoms with Crippen LogP contribution in [0, 0.1) is 0 Å². The lowest BCUT2D eigenvalue weighted by Gasteiger charge is -2.17. The summed E-state index contributed by atoms with van der Waals surface area (Å²) in [6.45, 7) is 1.68. The van der Waals surface area contributed by atoms with Crippen LogP contribution in [-0.4, -0.2) is 38.7 Å². The molecule has 0 aliphatic carbocycles. The summed E-state index contributed by atoms with van der Waals surface area (Å²) in [4.78, 5) is 19.1. The molecule has 0 N–H and O–H groups in total. The third kappa shape index (κ3) is 2.69. The third-order valence-corrected chi connectivity index (χ3v) is 4.34. The molecule has 1 aliphatic rings. The molecule has 1 fully saturated rings. The zero-order chi connectivity index (χ0) is 16.4. The van der Waals surface area contributed by atoms with Gasteiger partial charge in [-0.2, -0.15) is 5.10 Å². The van der Waals surface area contributed by atoms with Crippen LogP contribution in [0.4, 0.5) is 0 Å². The van der Waals surface area contributed by atoms with Crippen LogP contribution in [0.15, 0.2) is 61.1 Å². The fraction of sp³-hybridized carbons (Fsp3) is 0.211. The molecule has 0 spiro atoms. The molecule has 0 radical (unpaired) electrons. The van der Waals surface area contributed by atoms with E-state index in [4.69, 9.17) is 0 Å². The zero-order valence-electron chi connectivity index (χ0n) is 13.3. The highest BCUT2D eigenvalue weighted by Crippen LogP contribution is 2.24. The number of benzene rings is 1. The Bertz CT molecular complexity index is 834.